The first-order valence-electron chi connectivity index (χ1n) is 1.89. The summed E-state index contributed by atoms with van der Waals surface area (Å²) in [7, 11) is 0. The first-order valence-corrected chi connectivity index (χ1v) is 1.89. The van der Waals surface area contributed by atoms with Crippen LogP contribution in [0.25, 0.3) is 0 Å². The molecule has 0 aromatic heterocycles. The van der Waals surface area contributed by atoms with E-state index in [9.17, 15) is 0 Å². The SMILES string of the molecule is CCC(O)C#N.Cl. The van der Waals surface area contributed by atoms with Gasteiger partial charge in [-0.05, 0) is 6.42 Å². The van der Waals surface area contributed by atoms with Gasteiger partial charge in [-0.2, -0.15) is 5.26 Å². The van der Waals surface area contributed by atoms with Crippen LogP contribution in [0.4, 0.5) is 0 Å². The van der Waals surface area contributed by atoms with Gasteiger partial charge in [-0.15, -0.1) is 12.4 Å². The van der Waals surface area contributed by atoms with Crippen molar-refractivity contribution >= 4 is 12.4 Å². The highest BCUT2D eigenvalue weighted by Gasteiger charge is 1.90. The van der Waals surface area contributed by atoms with Crippen LogP contribution in [0.3, 0.4) is 0 Å². The summed E-state index contributed by atoms with van der Waals surface area (Å²) in [4.78, 5) is 0. The van der Waals surface area contributed by atoms with Crippen LogP contribution in [0.5, 0.6) is 0 Å². The Morgan fingerprint density at radius 3 is 2.29 bits per heavy atom. The smallest absolute Gasteiger partial charge is 0.140 e. The molecule has 3 heteroatoms. The topological polar surface area (TPSA) is 44.0 Å². The van der Waals surface area contributed by atoms with Crippen molar-refractivity contribution in [2.24, 2.45) is 0 Å². The Hall–Kier alpha value is -0.260. The van der Waals surface area contributed by atoms with Gasteiger partial charge in [0.2, 0.25) is 0 Å². The van der Waals surface area contributed by atoms with E-state index in [1.807, 2.05) is 0 Å². The van der Waals surface area contributed by atoms with E-state index >= 15 is 0 Å². The Morgan fingerprint density at radius 2 is 2.29 bits per heavy atom. The minimum absolute atomic E-state index is 0. The Kier molecular flexibility index (Phi) is 8.10. The van der Waals surface area contributed by atoms with Crippen molar-refractivity contribution in [3.05, 3.63) is 0 Å². The molecule has 42 valence electrons. The molecule has 0 heterocycles. The molecular weight excluding hydrogens is 114 g/mol. The van der Waals surface area contributed by atoms with Gasteiger partial charge < -0.3 is 5.11 Å². The van der Waals surface area contributed by atoms with Crippen LogP contribution in [-0.2, 0) is 0 Å². The monoisotopic (exact) mass is 121 g/mol. The fraction of sp³-hybridized carbons (Fsp3) is 0.750. The Labute approximate surface area is 49.2 Å². The van der Waals surface area contributed by atoms with E-state index in [4.69, 9.17) is 10.4 Å². The highest BCUT2D eigenvalue weighted by atomic mass is 35.5. The van der Waals surface area contributed by atoms with Gasteiger partial charge in [-0.1, -0.05) is 6.92 Å². The zero-order valence-electron chi connectivity index (χ0n) is 4.09. The molecule has 0 aliphatic rings. The van der Waals surface area contributed by atoms with Crippen molar-refractivity contribution in [1.82, 2.24) is 0 Å². The number of rotatable bonds is 1. The van der Waals surface area contributed by atoms with Gasteiger partial charge in [0, 0.05) is 0 Å². The summed E-state index contributed by atoms with van der Waals surface area (Å²) in [5.41, 5.74) is 0. The van der Waals surface area contributed by atoms with Crippen molar-refractivity contribution in [2.45, 2.75) is 19.4 Å². The Balaban J connectivity index is 0. The number of aliphatic hydroxyl groups excluding tert-OH is 1. The minimum Gasteiger partial charge on any atom is -0.378 e. The maximum Gasteiger partial charge on any atom is 0.140 e. The van der Waals surface area contributed by atoms with E-state index in [0.29, 0.717) is 6.42 Å². The fourth-order valence-electron chi connectivity index (χ4n) is 0.0913. The van der Waals surface area contributed by atoms with E-state index in [0.717, 1.165) is 0 Å². The molecule has 0 saturated heterocycles. The van der Waals surface area contributed by atoms with Crippen molar-refractivity contribution in [1.29, 1.82) is 5.26 Å². The molecule has 1 N–H and O–H groups in total. The molecule has 0 spiro atoms. The van der Waals surface area contributed by atoms with Crippen molar-refractivity contribution in [3.63, 3.8) is 0 Å². The van der Waals surface area contributed by atoms with E-state index in [1.165, 1.54) is 0 Å². The summed E-state index contributed by atoms with van der Waals surface area (Å²) in [6.07, 6.45) is -0.235. The molecule has 0 aliphatic heterocycles. The third-order valence-corrected chi connectivity index (χ3v) is 0.536. The maximum atomic E-state index is 8.31. The van der Waals surface area contributed by atoms with Gasteiger partial charge in [0.1, 0.15) is 6.10 Å². The van der Waals surface area contributed by atoms with Crippen LogP contribution in [0.2, 0.25) is 0 Å². The first kappa shape index (κ1) is 9.88. The van der Waals surface area contributed by atoms with Crippen molar-refractivity contribution < 1.29 is 5.11 Å². The summed E-state index contributed by atoms with van der Waals surface area (Å²) < 4.78 is 0. The number of aliphatic hydroxyl groups is 1. The molecule has 0 aliphatic carbocycles. The first-order chi connectivity index (χ1) is 2.81. The lowest BCUT2D eigenvalue weighted by Crippen LogP contribution is -1.97. The van der Waals surface area contributed by atoms with E-state index in [-0.39, 0.29) is 12.4 Å². The Morgan fingerprint density at radius 1 is 1.86 bits per heavy atom. The summed E-state index contributed by atoms with van der Waals surface area (Å²) in [5.74, 6) is 0. The predicted molar refractivity (Wildman–Crippen MR) is 29.2 cm³/mol. The van der Waals surface area contributed by atoms with Crippen molar-refractivity contribution in [3.8, 4) is 6.07 Å². The molecule has 0 bridgehead atoms. The summed E-state index contributed by atoms with van der Waals surface area (Å²) in [6, 6.07) is 1.67. The normalized spacial score (nSPS) is 11.0. The van der Waals surface area contributed by atoms with Crippen molar-refractivity contribution in [2.75, 3.05) is 0 Å². The molecular formula is C4H8ClNO. The van der Waals surface area contributed by atoms with Gasteiger partial charge in [-0.3, -0.25) is 0 Å². The second kappa shape index (κ2) is 5.74. The molecule has 0 saturated carbocycles. The van der Waals surface area contributed by atoms with Crippen LogP contribution in [0.15, 0.2) is 0 Å². The lowest BCUT2D eigenvalue weighted by atomic mass is 10.3. The van der Waals surface area contributed by atoms with Gasteiger partial charge in [0.25, 0.3) is 0 Å². The van der Waals surface area contributed by atoms with E-state index in [1.54, 1.807) is 13.0 Å². The largest absolute Gasteiger partial charge is 0.378 e. The van der Waals surface area contributed by atoms with Gasteiger partial charge in [0.05, 0.1) is 6.07 Å². The number of nitrogens with zero attached hydrogens (tertiary/aromatic N) is 1. The van der Waals surface area contributed by atoms with Crippen LogP contribution in [0, 0.1) is 11.3 Å². The second-order valence-corrected chi connectivity index (χ2v) is 1.05. The highest BCUT2D eigenvalue weighted by Crippen LogP contribution is 1.82. The van der Waals surface area contributed by atoms with E-state index in [2.05, 4.69) is 0 Å². The zero-order valence-corrected chi connectivity index (χ0v) is 4.90. The lowest BCUT2D eigenvalue weighted by Gasteiger charge is -1.87. The third kappa shape index (κ3) is 5.74. The van der Waals surface area contributed by atoms with Gasteiger partial charge in [-0.25, -0.2) is 0 Å². The molecule has 0 amide bonds. The number of halogens is 1. The average Bonchev–Trinajstić information content (AvgIpc) is 1.65. The molecule has 0 aromatic carbocycles. The van der Waals surface area contributed by atoms with Crippen LogP contribution in [-0.4, -0.2) is 11.2 Å². The molecule has 0 aromatic rings. The lowest BCUT2D eigenvalue weighted by molar-refractivity contribution is 0.226. The molecule has 0 rings (SSSR count). The second-order valence-electron chi connectivity index (χ2n) is 1.05. The fourth-order valence-corrected chi connectivity index (χ4v) is 0.0913. The average molecular weight is 122 g/mol. The standard InChI is InChI=1S/C4H7NO.ClH/c1-2-4(6)3-5;/h4,6H,2H2,1H3;1H. The Bertz CT molecular complexity index is 68.6. The summed E-state index contributed by atoms with van der Waals surface area (Å²) in [5, 5.41) is 16.1. The highest BCUT2D eigenvalue weighted by molar-refractivity contribution is 5.85. The molecule has 0 radical (unpaired) electrons. The number of hydrogen-bond donors (Lipinski definition) is 1. The zero-order chi connectivity index (χ0) is 4.99. The summed E-state index contributed by atoms with van der Waals surface area (Å²) in [6.45, 7) is 1.76. The minimum atomic E-state index is -0.759. The van der Waals surface area contributed by atoms with E-state index < -0.39 is 6.10 Å². The molecule has 0 fully saturated rings. The maximum absolute atomic E-state index is 8.31. The third-order valence-electron chi connectivity index (χ3n) is 0.536. The molecule has 7 heavy (non-hydrogen) atoms. The molecule has 1 unspecified atom stereocenters. The molecule has 2 nitrogen and oxygen atoms in total. The molecule has 1 atom stereocenters. The van der Waals surface area contributed by atoms with Gasteiger partial charge in [0.15, 0.2) is 0 Å². The van der Waals surface area contributed by atoms with Crippen LogP contribution in [0.1, 0.15) is 13.3 Å². The van der Waals surface area contributed by atoms with Crippen LogP contribution >= 0.6 is 12.4 Å². The quantitative estimate of drug-likeness (QED) is 0.519. The predicted octanol–water partition coefficient (Wildman–Crippen LogP) is 0.703. The van der Waals surface area contributed by atoms with Crippen LogP contribution < -0.4 is 0 Å². The van der Waals surface area contributed by atoms with Gasteiger partial charge >= 0.3 is 0 Å². The number of hydrogen-bond acceptors (Lipinski definition) is 2. The summed E-state index contributed by atoms with van der Waals surface area (Å²) >= 11 is 0. The number of nitriles is 1.